The molecule has 0 radical (unpaired) electrons. The van der Waals surface area contributed by atoms with Gasteiger partial charge in [0.2, 0.25) is 0 Å². The number of hydrogen-bond acceptors (Lipinski definition) is 7. The number of aliphatic hydroxyl groups excluding tert-OH is 2. The van der Waals surface area contributed by atoms with E-state index in [1.807, 2.05) is 0 Å². The van der Waals surface area contributed by atoms with Gasteiger partial charge in [0.1, 0.15) is 17.8 Å². The van der Waals surface area contributed by atoms with Crippen molar-refractivity contribution >= 4 is 0 Å². The van der Waals surface area contributed by atoms with Gasteiger partial charge in [-0.2, -0.15) is 0 Å². The number of aliphatic hydroxyl groups is 2. The molecule has 4 atom stereocenters. The van der Waals surface area contributed by atoms with E-state index in [1.165, 1.54) is 13.3 Å². The van der Waals surface area contributed by atoms with Crippen molar-refractivity contribution in [3.8, 4) is 0 Å². The second-order valence-corrected chi connectivity index (χ2v) is 5.45. The molecule has 24 heavy (non-hydrogen) atoms. The summed E-state index contributed by atoms with van der Waals surface area (Å²) in [5.74, 6) is 0. The number of aromatic amines is 1. The number of azide groups is 1. The van der Waals surface area contributed by atoms with Crippen LogP contribution >= 0.6 is 0 Å². The standard InChI is InChI=1S/C13H19N5O6/c1-23-9-10(21)13(7-19,4-2-5-15-17-14)24-11(9)18-6-3-8(20)16-12(18)22/h3,6,9-11,19,21H,2,4-5,7H2,1H3,(H,16,20,22)/t9-,10+,11+,13+/m0/s1. The Labute approximate surface area is 136 Å². The van der Waals surface area contributed by atoms with E-state index >= 15 is 0 Å². The molecule has 11 nitrogen and oxygen atoms in total. The Morgan fingerprint density at radius 2 is 2.33 bits per heavy atom. The van der Waals surface area contributed by atoms with Gasteiger partial charge >= 0.3 is 5.69 Å². The molecule has 1 aliphatic rings. The summed E-state index contributed by atoms with van der Waals surface area (Å²) in [6.45, 7) is -0.339. The topological polar surface area (TPSA) is 163 Å². The van der Waals surface area contributed by atoms with Crippen LogP contribution in [0.2, 0.25) is 0 Å². The molecule has 132 valence electrons. The number of rotatable bonds is 7. The predicted molar refractivity (Wildman–Crippen MR) is 81.3 cm³/mol. The Bertz CT molecular complexity index is 726. The molecular formula is C13H19N5O6. The van der Waals surface area contributed by atoms with Crippen LogP contribution in [0, 0.1) is 0 Å². The van der Waals surface area contributed by atoms with Crippen molar-refractivity contribution < 1.29 is 19.7 Å². The Balaban J connectivity index is 2.31. The number of ether oxygens (including phenoxy) is 2. The van der Waals surface area contributed by atoms with E-state index in [0.29, 0.717) is 6.42 Å². The van der Waals surface area contributed by atoms with Gasteiger partial charge in [-0.05, 0) is 18.4 Å². The molecule has 0 unspecified atom stereocenters. The molecule has 11 heteroatoms. The number of H-pyrrole nitrogens is 1. The highest BCUT2D eigenvalue weighted by Gasteiger charge is 2.55. The Morgan fingerprint density at radius 3 is 2.92 bits per heavy atom. The van der Waals surface area contributed by atoms with E-state index in [-0.39, 0.29) is 13.0 Å². The third-order valence-corrected chi connectivity index (χ3v) is 4.07. The zero-order valence-electron chi connectivity index (χ0n) is 13.0. The van der Waals surface area contributed by atoms with Crippen LogP contribution in [0.3, 0.4) is 0 Å². The predicted octanol–water partition coefficient (Wildman–Crippen LogP) is -0.737. The molecule has 1 aliphatic heterocycles. The first kappa shape index (κ1) is 18.2. The Kier molecular flexibility index (Phi) is 5.75. The van der Waals surface area contributed by atoms with Gasteiger partial charge in [0, 0.05) is 30.8 Å². The molecule has 1 aromatic rings. The molecule has 0 aromatic carbocycles. The Morgan fingerprint density at radius 1 is 1.58 bits per heavy atom. The van der Waals surface area contributed by atoms with Gasteiger partial charge in [0.05, 0.1) is 6.61 Å². The highest BCUT2D eigenvalue weighted by atomic mass is 16.6. The van der Waals surface area contributed by atoms with Gasteiger partial charge in [-0.15, -0.1) is 0 Å². The molecule has 0 amide bonds. The minimum Gasteiger partial charge on any atom is -0.393 e. The SMILES string of the molecule is CO[C@@H]1[C@H](n2ccc(=O)[nH]c2=O)O[C@@](CO)(CCCN=[N+]=[N-])[C@@H]1O. The van der Waals surface area contributed by atoms with Crippen molar-refractivity contribution in [3.63, 3.8) is 0 Å². The van der Waals surface area contributed by atoms with E-state index in [1.54, 1.807) is 0 Å². The maximum absolute atomic E-state index is 12.0. The van der Waals surface area contributed by atoms with Crippen molar-refractivity contribution in [2.24, 2.45) is 5.11 Å². The maximum Gasteiger partial charge on any atom is 0.330 e. The van der Waals surface area contributed by atoms with Gasteiger partial charge in [-0.1, -0.05) is 5.11 Å². The summed E-state index contributed by atoms with van der Waals surface area (Å²) in [7, 11) is 1.34. The molecule has 2 heterocycles. The smallest absolute Gasteiger partial charge is 0.330 e. The average Bonchev–Trinajstić information content (AvgIpc) is 2.84. The van der Waals surface area contributed by atoms with Crippen LogP contribution in [0.1, 0.15) is 19.1 Å². The lowest BCUT2D eigenvalue weighted by atomic mass is 9.91. The van der Waals surface area contributed by atoms with Gasteiger partial charge < -0.3 is 19.7 Å². The third-order valence-electron chi connectivity index (χ3n) is 4.07. The summed E-state index contributed by atoms with van der Waals surface area (Å²) >= 11 is 0. The van der Waals surface area contributed by atoms with E-state index < -0.39 is 41.9 Å². The average molecular weight is 341 g/mol. The molecule has 0 spiro atoms. The lowest BCUT2D eigenvalue weighted by Gasteiger charge is -2.30. The van der Waals surface area contributed by atoms with E-state index in [0.717, 1.165) is 10.6 Å². The summed E-state index contributed by atoms with van der Waals surface area (Å²) in [5, 5.41) is 23.7. The summed E-state index contributed by atoms with van der Waals surface area (Å²) in [5.41, 5.74) is 5.65. The van der Waals surface area contributed by atoms with Crippen LogP contribution < -0.4 is 11.2 Å². The summed E-state index contributed by atoms with van der Waals surface area (Å²) < 4.78 is 12.1. The lowest BCUT2D eigenvalue weighted by Crippen LogP contribution is -2.46. The minimum atomic E-state index is -1.37. The molecule has 2 rings (SSSR count). The van der Waals surface area contributed by atoms with Crippen molar-refractivity contribution in [2.75, 3.05) is 20.3 Å². The highest BCUT2D eigenvalue weighted by molar-refractivity contribution is 5.02. The fraction of sp³-hybridized carbons (Fsp3) is 0.692. The first-order valence-electron chi connectivity index (χ1n) is 7.31. The summed E-state index contributed by atoms with van der Waals surface area (Å²) in [4.78, 5) is 27.9. The van der Waals surface area contributed by atoms with E-state index in [2.05, 4.69) is 15.0 Å². The summed E-state index contributed by atoms with van der Waals surface area (Å²) in [6.07, 6.45) is -1.38. The molecular weight excluding hydrogens is 322 g/mol. The van der Waals surface area contributed by atoms with Crippen LogP contribution in [0.4, 0.5) is 0 Å². The van der Waals surface area contributed by atoms with Crippen molar-refractivity contribution in [3.05, 3.63) is 43.5 Å². The quantitative estimate of drug-likeness (QED) is 0.256. The van der Waals surface area contributed by atoms with Crippen LogP contribution in [-0.2, 0) is 9.47 Å². The second kappa shape index (κ2) is 7.60. The normalized spacial score (nSPS) is 29.4. The van der Waals surface area contributed by atoms with Gasteiger partial charge in [-0.3, -0.25) is 14.3 Å². The monoisotopic (exact) mass is 341 g/mol. The molecule has 1 aromatic heterocycles. The zero-order chi connectivity index (χ0) is 17.7. The fourth-order valence-corrected chi connectivity index (χ4v) is 2.83. The van der Waals surface area contributed by atoms with Crippen molar-refractivity contribution in [2.45, 2.75) is 36.9 Å². The number of hydrogen-bond donors (Lipinski definition) is 3. The van der Waals surface area contributed by atoms with Crippen LogP contribution in [0.5, 0.6) is 0 Å². The van der Waals surface area contributed by atoms with Gasteiger partial charge in [0.25, 0.3) is 5.56 Å². The van der Waals surface area contributed by atoms with Gasteiger partial charge in [-0.25, -0.2) is 4.79 Å². The largest absolute Gasteiger partial charge is 0.393 e. The molecule has 0 bridgehead atoms. The Hall–Kier alpha value is -2.17. The fourth-order valence-electron chi connectivity index (χ4n) is 2.83. The van der Waals surface area contributed by atoms with E-state index in [9.17, 15) is 19.8 Å². The van der Waals surface area contributed by atoms with Crippen LogP contribution in [0.15, 0.2) is 27.0 Å². The van der Waals surface area contributed by atoms with Crippen LogP contribution in [0.25, 0.3) is 10.4 Å². The molecule has 0 aliphatic carbocycles. The van der Waals surface area contributed by atoms with Crippen molar-refractivity contribution in [1.29, 1.82) is 0 Å². The van der Waals surface area contributed by atoms with E-state index in [4.69, 9.17) is 15.0 Å². The first-order valence-corrected chi connectivity index (χ1v) is 7.31. The summed E-state index contributed by atoms with van der Waals surface area (Å²) in [6, 6.07) is 1.14. The molecule has 0 saturated carbocycles. The number of nitrogens with zero attached hydrogens (tertiary/aromatic N) is 4. The minimum absolute atomic E-state index is 0.176. The van der Waals surface area contributed by atoms with Crippen LogP contribution in [-0.4, -0.2) is 57.8 Å². The first-order chi connectivity index (χ1) is 11.5. The van der Waals surface area contributed by atoms with Crippen molar-refractivity contribution in [1.82, 2.24) is 9.55 Å². The number of aromatic nitrogens is 2. The third kappa shape index (κ3) is 3.35. The maximum atomic E-state index is 12.0. The molecule has 1 saturated heterocycles. The second-order valence-electron chi connectivity index (χ2n) is 5.45. The molecule has 3 N–H and O–H groups in total. The number of nitrogens with one attached hydrogen (secondary N) is 1. The highest BCUT2D eigenvalue weighted by Crippen LogP contribution is 2.40. The zero-order valence-corrected chi connectivity index (χ0v) is 13.0. The van der Waals surface area contributed by atoms with Gasteiger partial charge in [0.15, 0.2) is 6.23 Å². The number of methoxy groups -OCH3 is 1. The molecule has 1 fully saturated rings. The lowest BCUT2D eigenvalue weighted by molar-refractivity contribution is -0.133.